The molecule has 1 unspecified atom stereocenters. The van der Waals surface area contributed by atoms with E-state index in [2.05, 4.69) is 20.6 Å². The van der Waals surface area contributed by atoms with Crippen LogP contribution in [0.4, 0.5) is 10.2 Å². The molecule has 0 saturated carbocycles. The molecule has 1 aliphatic heterocycles. The second kappa shape index (κ2) is 11.0. The lowest BCUT2D eigenvalue weighted by Crippen LogP contribution is -2.44. The van der Waals surface area contributed by atoms with Crippen LogP contribution < -0.4 is 25.0 Å². The molecular formula is C22H29ClFN5O2. The van der Waals surface area contributed by atoms with Gasteiger partial charge >= 0.3 is 0 Å². The largest absolute Gasteiger partial charge is 0.493 e. The van der Waals surface area contributed by atoms with Crippen LogP contribution in [0.1, 0.15) is 25.8 Å². The van der Waals surface area contributed by atoms with E-state index in [1.165, 1.54) is 6.07 Å². The van der Waals surface area contributed by atoms with Gasteiger partial charge in [-0.15, -0.1) is 0 Å². The highest BCUT2D eigenvalue weighted by atomic mass is 35.5. The number of aliphatic imine (C=N–C) groups is 1. The summed E-state index contributed by atoms with van der Waals surface area (Å²) in [7, 11) is 1.59. The molecule has 1 aromatic heterocycles. The number of methoxy groups -OCH3 is 1. The van der Waals surface area contributed by atoms with E-state index in [9.17, 15) is 4.39 Å². The number of anilines is 1. The zero-order valence-electron chi connectivity index (χ0n) is 18.1. The SMILES string of the molecule is CCNC(=NCc1cc(Cl)c(OCC)c(OC)c1)NC1CCN(c2ncccc2F)C1. The Hall–Kier alpha value is -2.74. The Morgan fingerprint density at radius 2 is 2.23 bits per heavy atom. The van der Waals surface area contributed by atoms with E-state index < -0.39 is 0 Å². The molecule has 0 amide bonds. The van der Waals surface area contributed by atoms with E-state index in [4.69, 9.17) is 21.1 Å². The monoisotopic (exact) mass is 449 g/mol. The van der Waals surface area contributed by atoms with E-state index in [1.807, 2.05) is 30.9 Å². The van der Waals surface area contributed by atoms with Crippen LogP contribution in [-0.2, 0) is 6.54 Å². The summed E-state index contributed by atoms with van der Waals surface area (Å²) in [5, 5.41) is 7.20. The third-order valence-corrected chi connectivity index (χ3v) is 5.19. The second-order valence-electron chi connectivity index (χ2n) is 7.12. The lowest BCUT2D eigenvalue weighted by atomic mass is 10.2. The van der Waals surface area contributed by atoms with Crippen molar-refractivity contribution >= 4 is 23.4 Å². The third kappa shape index (κ3) is 5.91. The minimum Gasteiger partial charge on any atom is -0.493 e. The minimum atomic E-state index is -0.301. The Kier molecular flexibility index (Phi) is 8.17. The van der Waals surface area contributed by atoms with E-state index in [0.717, 1.165) is 25.1 Å². The topological polar surface area (TPSA) is 71.0 Å². The maximum Gasteiger partial charge on any atom is 0.191 e. The molecule has 1 fully saturated rings. The van der Waals surface area contributed by atoms with Crippen LogP contribution in [0.2, 0.25) is 5.02 Å². The summed E-state index contributed by atoms with van der Waals surface area (Å²) in [6.45, 7) is 6.95. The van der Waals surface area contributed by atoms with Gasteiger partial charge in [0.25, 0.3) is 0 Å². The van der Waals surface area contributed by atoms with Gasteiger partial charge in [-0.25, -0.2) is 14.4 Å². The first-order chi connectivity index (χ1) is 15.0. The molecule has 9 heteroatoms. The number of nitrogens with zero attached hydrogens (tertiary/aromatic N) is 3. The summed E-state index contributed by atoms with van der Waals surface area (Å²) < 4.78 is 25.0. The van der Waals surface area contributed by atoms with Crippen molar-refractivity contribution in [3.05, 3.63) is 46.9 Å². The zero-order chi connectivity index (χ0) is 22.2. The molecule has 0 bridgehead atoms. The average Bonchev–Trinajstić information content (AvgIpc) is 3.22. The summed E-state index contributed by atoms with van der Waals surface area (Å²) in [5.74, 6) is 1.91. The molecule has 3 rings (SSSR count). The Balaban J connectivity index is 1.67. The fourth-order valence-electron chi connectivity index (χ4n) is 3.51. The lowest BCUT2D eigenvalue weighted by molar-refractivity contribution is 0.311. The Morgan fingerprint density at radius 1 is 1.39 bits per heavy atom. The molecule has 0 spiro atoms. The van der Waals surface area contributed by atoms with Crippen molar-refractivity contribution in [3.8, 4) is 11.5 Å². The fourth-order valence-corrected chi connectivity index (χ4v) is 3.80. The maximum atomic E-state index is 14.0. The molecule has 2 heterocycles. The van der Waals surface area contributed by atoms with Crippen LogP contribution in [0, 0.1) is 5.82 Å². The van der Waals surface area contributed by atoms with Crippen LogP contribution in [0.25, 0.3) is 0 Å². The number of ether oxygens (including phenoxy) is 2. The number of nitrogens with one attached hydrogen (secondary N) is 2. The van der Waals surface area contributed by atoms with E-state index in [0.29, 0.717) is 48.0 Å². The first kappa shape index (κ1) is 22.9. The van der Waals surface area contributed by atoms with Crippen molar-refractivity contribution in [2.75, 3.05) is 38.3 Å². The standard InChI is InChI=1S/C22H29ClFN5O2/c1-4-25-22(27-13-15-11-17(23)20(31-5-2)19(12-15)30-3)28-16-8-10-29(14-16)21-18(24)7-6-9-26-21/h6-7,9,11-12,16H,4-5,8,10,13-14H2,1-3H3,(H2,25,27,28). The number of pyridine rings is 1. The highest BCUT2D eigenvalue weighted by Crippen LogP contribution is 2.36. The van der Waals surface area contributed by atoms with Crippen LogP contribution in [0.3, 0.4) is 0 Å². The number of rotatable bonds is 8. The van der Waals surface area contributed by atoms with Crippen LogP contribution in [0.15, 0.2) is 35.5 Å². The highest BCUT2D eigenvalue weighted by molar-refractivity contribution is 6.32. The number of hydrogen-bond acceptors (Lipinski definition) is 5. The molecule has 1 atom stereocenters. The van der Waals surface area contributed by atoms with Crippen molar-refractivity contribution in [1.29, 1.82) is 0 Å². The van der Waals surface area contributed by atoms with Crippen molar-refractivity contribution in [3.63, 3.8) is 0 Å². The molecule has 0 aliphatic carbocycles. The second-order valence-corrected chi connectivity index (χ2v) is 7.53. The van der Waals surface area contributed by atoms with Gasteiger partial charge in [-0.3, -0.25) is 0 Å². The van der Waals surface area contributed by atoms with Gasteiger partial charge in [-0.2, -0.15) is 0 Å². The van der Waals surface area contributed by atoms with Gasteiger partial charge < -0.3 is 25.0 Å². The van der Waals surface area contributed by atoms with Gasteiger partial charge in [0.15, 0.2) is 29.1 Å². The maximum absolute atomic E-state index is 14.0. The normalized spacial score (nSPS) is 16.4. The summed E-state index contributed by atoms with van der Waals surface area (Å²) in [5.41, 5.74) is 0.908. The van der Waals surface area contributed by atoms with E-state index in [1.54, 1.807) is 19.4 Å². The molecule has 1 aromatic carbocycles. The first-order valence-electron chi connectivity index (χ1n) is 10.4. The van der Waals surface area contributed by atoms with Crippen LogP contribution in [-0.4, -0.2) is 50.3 Å². The summed E-state index contributed by atoms with van der Waals surface area (Å²) >= 11 is 6.37. The van der Waals surface area contributed by atoms with Crippen molar-refractivity contribution in [2.24, 2.45) is 4.99 Å². The fraction of sp³-hybridized carbons (Fsp3) is 0.455. The molecule has 0 radical (unpaired) electrons. The Morgan fingerprint density at radius 3 is 2.94 bits per heavy atom. The molecule has 31 heavy (non-hydrogen) atoms. The smallest absolute Gasteiger partial charge is 0.191 e. The Labute approximate surface area is 187 Å². The molecule has 1 saturated heterocycles. The number of hydrogen-bond donors (Lipinski definition) is 2. The molecule has 2 aromatic rings. The molecule has 1 aliphatic rings. The summed E-state index contributed by atoms with van der Waals surface area (Å²) in [6.07, 6.45) is 2.48. The lowest BCUT2D eigenvalue weighted by Gasteiger charge is -2.20. The van der Waals surface area contributed by atoms with Crippen molar-refractivity contribution in [1.82, 2.24) is 15.6 Å². The zero-order valence-corrected chi connectivity index (χ0v) is 18.9. The van der Waals surface area contributed by atoms with Gasteiger partial charge in [-0.1, -0.05) is 11.6 Å². The van der Waals surface area contributed by atoms with Gasteiger partial charge in [0.2, 0.25) is 0 Å². The van der Waals surface area contributed by atoms with E-state index >= 15 is 0 Å². The average molecular weight is 450 g/mol. The number of aromatic nitrogens is 1. The van der Waals surface area contributed by atoms with E-state index in [-0.39, 0.29) is 11.9 Å². The van der Waals surface area contributed by atoms with Crippen molar-refractivity contribution < 1.29 is 13.9 Å². The van der Waals surface area contributed by atoms with Gasteiger partial charge in [0, 0.05) is 31.9 Å². The van der Waals surface area contributed by atoms with Crippen LogP contribution >= 0.6 is 11.6 Å². The third-order valence-electron chi connectivity index (χ3n) is 4.91. The molecule has 2 N–H and O–H groups in total. The van der Waals surface area contributed by atoms with Crippen molar-refractivity contribution in [2.45, 2.75) is 32.9 Å². The quantitative estimate of drug-likeness (QED) is 0.474. The van der Waals surface area contributed by atoms with Gasteiger partial charge in [-0.05, 0) is 50.1 Å². The molecule has 168 valence electrons. The van der Waals surface area contributed by atoms with Crippen LogP contribution in [0.5, 0.6) is 11.5 Å². The number of benzene rings is 1. The predicted molar refractivity (Wildman–Crippen MR) is 122 cm³/mol. The predicted octanol–water partition coefficient (Wildman–Crippen LogP) is 3.62. The number of guanidine groups is 1. The molecule has 7 nitrogen and oxygen atoms in total. The number of halogens is 2. The van der Waals surface area contributed by atoms with Gasteiger partial charge in [0.1, 0.15) is 0 Å². The highest BCUT2D eigenvalue weighted by Gasteiger charge is 2.26. The van der Waals surface area contributed by atoms with Gasteiger partial charge in [0.05, 0.1) is 25.3 Å². The Bertz CT molecular complexity index is 911. The first-order valence-corrected chi connectivity index (χ1v) is 10.8. The minimum absolute atomic E-state index is 0.137. The molecular weight excluding hydrogens is 421 g/mol. The summed E-state index contributed by atoms with van der Waals surface area (Å²) in [6, 6.07) is 6.89. The summed E-state index contributed by atoms with van der Waals surface area (Å²) in [4.78, 5) is 10.8.